The Morgan fingerprint density at radius 1 is 1.29 bits per heavy atom. The lowest BCUT2D eigenvalue weighted by Gasteiger charge is -2.31. The van der Waals surface area contributed by atoms with E-state index in [1.54, 1.807) is 4.90 Å². The molecule has 0 aromatic carbocycles. The lowest BCUT2D eigenvalue weighted by atomic mass is 10.1. The Balaban J connectivity index is 2.14. The second kappa shape index (κ2) is 6.64. The number of nitrogens with one attached hydrogen (secondary N) is 1. The lowest BCUT2D eigenvalue weighted by molar-refractivity contribution is 0.0669. The average molecular weight is 337 g/mol. The van der Waals surface area contributed by atoms with Crippen LogP contribution in [0.3, 0.4) is 0 Å². The fraction of sp³-hybridized carbons (Fsp3) is 0.562. The molecule has 1 amide bonds. The van der Waals surface area contributed by atoms with E-state index in [0.717, 1.165) is 19.2 Å². The number of aromatic nitrogens is 1. The van der Waals surface area contributed by atoms with Gasteiger partial charge in [-0.05, 0) is 33.7 Å². The van der Waals surface area contributed by atoms with Crippen molar-refractivity contribution in [2.24, 2.45) is 0 Å². The summed E-state index contributed by atoms with van der Waals surface area (Å²) in [5.41, 5.74) is -1.71. The smallest absolute Gasteiger partial charge is 0.341 e. The zero-order valence-corrected chi connectivity index (χ0v) is 14.1. The predicted octanol–water partition coefficient (Wildman–Crippen LogP) is 0.486. The summed E-state index contributed by atoms with van der Waals surface area (Å²) in [4.78, 5) is 37.0. The number of carboxylic acid groups (broad SMARTS) is 1. The quantitative estimate of drug-likeness (QED) is 0.674. The first-order chi connectivity index (χ1) is 11.1. The number of carboxylic acids is 1. The SMILES string of the molecule is CC(C)(C)NCCCN1CCn2cc(C(=O)O)c(=O)c(O)c2C1=O. The molecule has 132 valence electrons. The molecule has 2 rings (SSSR count). The Hall–Kier alpha value is -2.35. The number of hydrogen-bond acceptors (Lipinski definition) is 5. The van der Waals surface area contributed by atoms with Gasteiger partial charge in [-0.15, -0.1) is 0 Å². The number of carbonyl (C=O) groups is 2. The third-order valence-electron chi connectivity index (χ3n) is 3.85. The van der Waals surface area contributed by atoms with E-state index in [1.807, 2.05) is 0 Å². The van der Waals surface area contributed by atoms with Crippen LogP contribution in [0, 0.1) is 0 Å². The molecule has 0 fully saturated rings. The monoisotopic (exact) mass is 337 g/mol. The largest absolute Gasteiger partial charge is 0.503 e. The van der Waals surface area contributed by atoms with Crippen molar-refractivity contribution in [3.8, 4) is 5.75 Å². The first kappa shape index (κ1) is 18.0. The molecule has 0 aliphatic carbocycles. The molecule has 1 aliphatic heterocycles. The van der Waals surface area contributed by atoms with Crippen LogP contribution in [-0.4, -0.2) is 56.7 Å². The van der Waals surface area contributed by atoms with Crippen LogP contribution in [-0.2, 0) is 6.54 Å². The maximum Gasteiger partial charge on any atom is 0.341 e. The third kappa shape index (κ3) is 3.76. The van der Waals surface area contributed by atoms with Crippen LogP contribution in [0.4, 0.5) is 0 Å². The van der Waals surface area contributed by atoms with E-state index in [0.29, 0.717) is 19.6 Å². The van der Waals surface area contributed by atoms with Gasteiger partial charge >= 0.3 is 5.97 Å². The molecule has 24 heavy (non-hydrogen) atoms. The Morgan fingerprint density at radius 3 is 2.54 bits per heavy atom. The summed E-state index contributed by atoms with van der Waals surface area (Å²) in [7, 11) is 0. The molecule has 0 radical (unpaired) electrons. The number of carbonyl (C=O) groups excluding carboxylic acids is 1. The second-order valence-corrected chi connectivity index (χ2v) is 6.89. The van der Waals surface area contributed by atoms with E-state index >= 15 is 0 Å². The minimum atomic E-state index is -1.42. The number of aromatic carboxylic acids is 1. The van der Waals surface area contributed by atoms with Crippen LogP contribution in [0.15, 0.2) is 11.0 Å². The summed E-state index contributed by atoms with van der Waals surface area (Å²) in [6.07, 6.45) is 1.86. The lowest BCUT2D eigenvalue weighted by Crippen LogP contribution is -2.44. The number of amides is 1. The Labute approximate surface area is 139 Å². The normalized spacial score (nSPS) is 14.6. The Bertz CT molecular complexity index is 718. The van der Waals surface area contributed by atoms with Crippen molar-refractivity contribution in [3.63, 3.8) is 0 Å². The molecule has 8 heteroatoms. The highest BCUT2D eigenvalue weighted by molar-refractivity contribution is 5.97. The number of hydrogen-bond donors (Lipinski definition) is 3. The fourth-order valence-corrected chi connectivity index (χ4v) is 2.63. The summed E-state index contributed by atoms with van der Waals surface area (Å²) in [6, 6.07) is 0. The molecular weight excluding hydrogens is 314 g/mol. The average Bonchev–Trinajstić information content (AvgIpc) is 2.47. The molecule has 0 atom stereocenters. The third-order valence-corrected chi connectivity index (χ3v) is 3.85. The Kier molecular flexibility index (Phi) is 4.98. The van der Waals surface area contributed by atoms with Crippen molar-refractivity contribution in [2.45, 2.75) is 39.3 Å². The van der Waals surface area contributed by atoms with Gasteiger partial charge in [0.15, 0.2) is 11.4 Å². The van der Waals surface area contributed by atoms with Crippen LogP contribution in [0.1, 0.15) is 48.0 Å². The van der Waals surface area contributed by atoms with E-state index in [1.165, 1.54) is 4.57 Å². The van der Waals surface area contributed by atoms with Gasteiger partial charge < -0.3 is 25.0 Å². The molecule has 1 aromatic rings. The minimum absolute atomic E-state index is 0.00266. The zero-order valence-electron chi connectivity index (χ0n) is 14.1. The molecule has 0 spiro atoms. The summed E-state index contributed by atoms with van der Waals surface area (Å²) in [5, 5.41) is 22.3. The molecule has 0 unspecified atom stereocenters. The van der Waals surface area contributed by atoms with E-state index in [2.05, 4.69) is 26.1 Å². The van der Waals surface area contributed by atoms with Crippen LogP contribution in [0.2, 0.25) is 0 Å². The highest BCUT2D eigenvalue weighted by atomic mass is 16.4. The molecule has 0 saturated carbocycles. The number of fused-ring (bicyclic) bond motifs is 1. The molecule has 1 aromatic heterocycles. The number of nitrogens with zero attached hydrogens (tertiary/aromatic N) is 2. The van der Waals surface area contributed by atoms with Crippen molar-refractivity contribution in [2.75, 3.05) is 19.6 Å². The van der Waals surface area contributed by atoms with Gasteiger partial charge in [0.1, 0.15) is 5.56 Å². The van der Waals surface area contributed by atoms with Crippen molar-refractivity contribution in [3.05, 3.63) is 27.7 Å². The van der Waals surface area contributed by atoms with E-state index in [-0.39, 0.29) is 11.2 Å². The predicted molar refractivity (Wildman–Crippen MR) is 87.6 cm³/mol. The summed E-state index contributed by atoms with van der Waals surface area (Å²) in [6.45, 7) is 8.14. The van der Waals surface area contributed by atoms with E-state index in [4.69, 9.17) is 5.11 Å². The van der Waals surface area contributed by atoms with Gasteiger partial charge in [-0.25, -0.2) is 4.79 Å². The van der Waals surface area contributed by atoms with Gasteiger partial charge in [-0.3, -0.25) is 9.59 Å². The molecule has 0 bridgehead atoms. The van der Waals surface area contributed by atoms with Crippen molar-refractivity contribution in [1.29, 1.82) is 0 Å². The number of aromatic hydroxyl groups is 1. The fourth-order valence-electron chi connectivity index (χ4n) is 2.63. The zero-order chi connectivity index (χ0) is 18.1. The number of pyridine rings is 1. The van der Waals surface area contributed by atoms with Gasteiger partial charge in [0, 0.05) is 31.4 Å². The first-order valence-electron chi connectivity index (χ1n) is 7.86. The van der Waals surface area contributed by atoms with Crippen molar-refractivity contribution in [1.82, 2.24) is 14.8 Å². The molecule has 8 nitrogen and oxygen atoms in total. The van der Waals surface area contributed by atoms with Crippen molar-refractivity contribution < 1.29 is 19.8 Å². The molecule has 2 heterocycles. The van der Waals surface area contributed by atoms with Gasteiger partial charge in [0.05, 0.1) is 0 Å². The standard InChI is InChI=1S/C16H23N3O5/c1-16(2,3)17-5-4-6-18-7-8-19-9-10(15(23)24)12(20)13(21)11(19)14(18)22/h9,17,21H,4-8H2,1-3H3,(H,23,24). The van der Waals surface area contributed by atoms with Crippen LogP contribution < -0.4 is 10.7 Å². The van der Waals surface area contributed by atoms with Crippen LogP contribution >= 0.6 is 0 Å². The molecular formula is C16H23N3O5. The summed E-state index contributed by atoms with van der Waals surface area (Å²) >= 11 is 0. The highest BCUT2D eigenvalue weighted by Gasteiger charge is 2.30. The van der Waals surface area contributed by atoms with E-state index < -0.39 is 28.6 Å². The molecule has 3 N–H and O–H groups in total. The maximum atomic E-state index is 12.5. The van der Waals surface area contributed by atoms with Crippen LogP contribution in [0.5, 0.6) is 5.75 Å². The van der Waals surface area contributed by atoms with Gasteiger partial charge in [0.25, 0.3) is 5.91 Å². The highest BCUT2D eigenvalue weighted by Crippen LogP contribution is 2.20. The van der Waals surface area contributed by atoms with E-state index in [9.17, 15) is 19.5 Å². The topological polar surface area (TPSA) is 112 Å². The van der Waals surface area contributed by atoms with Crippen LogP contribution in [0.25, 0.3) is 0 Å². The minimum Gasteiger partial charge on any atom is -0.503 e. The second-order valence-electron chi connectivity index (χ2n) is 6.89. The Morgan fingerprint density at radius 2 is 1.96 bits per heavy atom. The molecule has 1 aliphatic rings. The van der Waals surface area contributed by atoms with Gasteiger partial charge in [0.2, 0.25) is 5.43 Å². The number of rotatable bonds is 5. The summed E-state index contributed by atoms with van der Waals surface area (Å²) < 4.78 is 1.34. The summed E-state index contributed by atoms with van der Waals surface area (Å²) in [5.74, 6) is -2.67. The van der Waals surface area contributed by atoms with Gasteiger partial charge in [-0.1, -0.05) is 0 Å². The molecule has 0 saturated heterocycles. The first-order valence-corrected chi connectivity index (χ1v) is 7.86. The van der Waals surface area contributed by atoms with Crippen molar-refractivity contribution >= 4 is 11.9 Å². The van der Waals surface area contributed by atoms with Gasteiger partial charge in [-0.2, -0.15) is 0 Å². The maximum absolute atomic E-state index is 12.5.